The number of aliphatic carboxylic acids is 1. The Labute approximate surface area is 80.7 Å². The minimum Gasteiger partial charge on any atom is -0.480 e. The van der Waals surface area contributed by atoms with Gasteiger partial charge in [0, 0.05) is 20.3 Å². The second kappa shape index (κ2) is 3.91. The Balaban J connectivity index is 2.70. The van der Waals surface area contributed by atoms with Crippen LogP contribution in [0.25, 0.3) is 0 Å². The van der Waals surface area contributed by atoms with E-state index in [4.69, 9.17) is 5.11 Å². The van der Waals surface area contributed by atoms with Crippen LogP contribution in [-0.2, 0) is 11.8 Å². The lowest BCUT2D eigenvalue weighted by molar-refractivity contribution is -0.137. The molecule has 0 unspecified atom stereocenters. The summed E-state index contributed by atoms with van der Waals surface area (Å²) in [5, 5.41) is 12.3. The highest BCUT2D eigenvalue weighted by molar-refractivity contribution is 5.95. The average Bonchev–Trinajstić information content (AvgIpc) is 2.49. The Morgan fingerprint density at radius 3 is 2.71 bits per heavy atom. The summed E-state index contributed by atoms with van der Waals surface area (Å²) in [6, 6.07) is 0. The maximum atomic E-state index is 11.5. The molecule has 1 amide bonds. The van der Waals surface area contributed by atoms with Crippen LogP contribution in [-0.4, -0.2) is 45.3 Å². The normalized spacial score (nSPS) is 9.86. The monoisotopic (exact) mass is 197 g/mol. The molecule has 1 heterocycles. The van der Waals surface area contributed by atoms with E-state index in [1.54, 1.807) is 13.2 Å². The molecule has 14 heavy (non-hydrogen) atoms. The summed E-state index contributed by atoms with van der Waals surface area (Å²) in [5.41, 5.74) is 0.385. The van der Waals surface area contributed by atoms with Gasteiger partial charge in [-0.1, -0.05) is 0 Å². The van der Waals surface area contributed by atoms with Crippen molar-refractivity contribution >= 4 is 11.9 Å². The van der Waals surface area contributed by atoms with E-state index >= 15 is 0 Å². The molecular formula is C8H11N3O3. The van der Waals surface area contributed by atoms with Crippen LogP contribution >= 0.6 is 0 Å². The molecule has 0 aromatic carbocycles. The molecule has 1 rings (SSSR count). The number of hydrogen-bond acceptors (Lipinski definition) is 3. The van der Waals surface area contributed by atoms with Crippen LogP contribution < -0.4 is 0 Å². The van der Waals surface area contributed by atoms with Gasteiger partial charge in [0.05, 0.1) is 11.8 Å². The van der Waals surface area contributed by atoms with Gasteiger partial charge in [0.2, 0.25) is 0 Å². The number of aryl methyl sites for hydroxylation is 1. The molecule has 0 aliphatic carbocycles. The van der Waals surface area contributed by atoms with Gasteiger partial charge in [-0.3, -0.25) is 14.3 Å². The molecular weight excluding hydrogens is 186 g/mol. The first kappa shape index (κ1) is 10.2. The van der Waals surface area contributed by atoms with E-state index in [1.165, 1.54) is 17.9 Å². The van der Waals surface area contributed by atoms with Crippen LogP contribution in [0.15, 0.2) is 12.4 Å². The molecule has 0 radical (unpaired) electrons. The lowest BCUT2D eigenvalue weighted by Crippen LogP contribution is -2.31. The third-order valence-corrected chi connectivity index (χ3v) is 1.67. The van der Waals surface area contributed by atoms with Gasteiger partial charge in [0.25, 0.3) is 5.91 Å². The fourth-order valence-corrected chi connectivity index (χ4v) is 1.03. The quantitative estimate of drug-likeness (QED) is 0.713. The predicted molar refractivity (Wildman–Crippen MR) is 47.8 cm³/mol. The van der Waals surface area contributed by atoms with Crippen LogP contribution in [0.3, 0.4) is 0 Å². The van der Waals surface area contributed by atoms with Crippen LogP contribution in [0.4, 0.5) is 0 Å². The van der Waals surface area contributed by atoms with Crippen molar-refractivity contribution in [3.8, 4) is 0 Å². The van der Waals surface area contributed by atoms with Crippen molar-refractivity contribution in [1.29, 1.82) is 0 Å². The zero-order chi connectivity index (χ0) is 10.7. The van der Waals surface area contributed by atoms with Gasteiger partial charge >= 0.3 is 5.97 Å². The number of rotatable bonds is 3. The molecule has 6 nitrogen and oxygen atoms in total. The smallest absolute Gasteiger partial charge is 0.323 e. The zero-order valence-corrected chi connectivity index (χ0v) is 7.97. The fourth-order valence-electron chi connectivity index (χ4n) is 1.03. The third kappa shape index (κ3) is 2.32. The highest BCUT2D eigenvalue weighted by Gasteiger charge is 2.15. The van der Waals surface area contributed by atoms with E-state index in [1.807, 2.05) is 0 Å². The van der Waals surface area contributed by atoms with E-state index in [0.717, 1.165) is 4.90 Å². The first-order chi connectivity index (χ1) is 6.50. The Morgan fingerprint density at radius 1 is 1.64 bits per heavy atom. The third-order valence-electron chi connectivity index (χ3n) is 1.67. The van der Waals surface area contributed by atoms with E-state index in [0.29, 0.717) is 5.56 Å². The Hall–Kier alpha value is -1.85. The van der Waals surface area contributed by atoms with E-state index in [2.05, 4.69) is 5.10 Å². The second-order valence-electron chi connectivity index (χ2n) is 2.96. The van der Waals surface area contributed by atoms with Crippen molar-refractivity contribution in [1.82, 2.24) is 14.7 Å². The molecule has 0 aliphatic heterocycles. The van der Waals surface area contributed by atoms with Gasteiger partial charge in [0.15, 0.2) is 0 Å². The van der Waals surface area contributed by atoms with Crippen molar-refractivity contribution in [3.05, 3.63) is 18.0 Å². The highest BCUT2D eigenvalue weighted by Crippen LogP contribution is 2.00. The van der Waals surface area contributed by atoms with Gasteiger partial charge in [-0.2, -0.15) is 5.10 Å². The largest absolute Gasteiger partial charge is 0.480 e. The molecule has 0 aliphatic rings. The van der Waals surface area contributed by atoms with Crippen molar-refractivity contribution in [2.45, 2.75) is 0 Å². The number of nitrogens with zero attached hydrogens (tertiary/aromatic N) is 3. The number of amides is 1. The van der Waals surface area contributed by atoms with Crippen molar-refractivity contribution < 1.29 is 14.7 Å². The van der Waals surface area contributed by atoms with Gasteiger partial charge in [0.1, 0.15) is 6.54 Å². The number of likely N-dealkylation sites (N-methyl/N-ethyl adjacent to an activating group) is 1. The molecule has 0 fully saturated rings. The predicted octanol–water partition coefficient (Wildman–Crippen LogP) is -0.423. The van der Waals surface area contributed by atoms with Crippen LogP contribution in [0.1, 0.15) is 10.4 Å². The fraction of sp³-hybridized carbons (Fsp3) is 0.375. The maximum absolute atomic E-state index is 11.5. The average molecular weight is 197 g/mol. The summed E-state index contributed by atoms with van der Waals surface area (Å²) < 4.78 is 1.49. The molecule has 76 valence electrons. The van der Waals surface area contributed by atoms with Gasteiger partial charge in [-0.05, 0) is 0 Å². The number of carboxylic acid groups (broad SMARTS) is 1. The minimum atomic E-state index is -1.04. The molecule has 6 heteroatoms. The molecule has 1 N–H and O–H groups in total. The summed E-state index contributed by atoms with van der Waals surface area (Å²) in [6.45, 7) is -0.312. The first-order valence-corrected chi connectivity index (χ1v) is 3.96. The molecule has 0 saturated carbocycles. The SMILES string of the molecule is CN(CC(=O)O)C(=O)c1cnn(C)c1. The topological polar surface area (TPSA) is 75.4 Å². The van der Waals surface area contributed by atoms with Crippen molar-refractivity contribution in [3.63, 3.8) is 0 Å². The molecule has 1 aromatic heterocycles. The van der Waals surface area contributed by atoms with Gasteiger partial charge in [-0.25, -0.2) is 0 Å². The Kier molecular flexibility index (Phi) is 2.85. The molecule has 1 aromatic rings. The van der Waals surface area contributed by atoms with E-state index in [-0.39, 0.29) is 12.5 Å². The molecule has 0 spiro atoms. The molecule has 0 saturated heterocycles. The van der Waals surface area contributed by atoms with Crippen LogP contribution in [0.5, 0.6) is 0 Å². The van der Waals surface area contributed by atoms with Gasteiger partial charge < -0.3 is 10.0 Å². The Bertz CT molecular complexity index is 358. The lowest BCUT2D eigenvalue weighted by atomic mass is 10.3. The highest BCUT2D eigenvalue weighted by atomic mass is 16.4. The van der Waals surface area contributed by atoms with E-state index in [9.17, 15) is 9.59 Å². The van der Waals surface area contributed by atoms with Crippen LogP contribution in [0.2, 0.25) is 0 Å². The second-order valence-corrected chi connectivity index (χ2v) is 2.96. The maximum Gasteiger partial charge on any atom is 0.323 e. The van der Waals surface area contributed by atoms with Crippen molar-refractivity contribution in [2.75, 3.05) is 13.6 Å². The van der Waals surface area contributed by atoms with E-state index < -0.39 is 5.97 Å². The summed E-state index contributed by atoms with van der Waals surface area (Å²) in [4.78, 5) is 23.0. The number of carboxylic acids is 1. The number of carbonyl (C=O) groups excluding carboxylic acids is 1. The summed E-state index contributed by atoms with van der Waals surface area (Å²) in [7, 11) is 3.12. The Morgan fingerprint density at radius 2 is 2.29 bits per heavy atom. The summed E-state index contributed by atoms with van der Waals surface area (Å²) in [5.74, 6) is -1.38. The molecule has 0 atom stereocenters. The number of hydrogen-bond donors (Lipinski definition) is 1. The summed E-state index contributed by atoms with van der Waals surface area (Å²) in [6.07, 6.45) is 2.95. The first-order valence-electron chi connectivity index (χ1n) is 3.96. The molecule has 0 bridgehead atoms. The minimum absolute atomic E-state index is 0.312. The lowest BCUT2D eigenvalue weighted by Gasteiger charge is -2.12. The van der Waals surface area contributed by atoms with Gasteiger partial charge in [-0.15, -0.1) is 0 Å². The zero-order valence-electron chi connectivity index (χ0n) is 7.97. The van der Waals surface area contributed by atoms with Crippen molar-refractivity contribution in [2.24, 2.45) is 7.05 Å². The summed E-state index contributed by atoms with van der Waals surface area (Å²) >= 11 is 0. The van der Waals surface area contributed by atoms with Crippen LogP contribution in [0, 0.1) is 0 Å². The standard InChI is InChI=1S/C8H11N3O3/c1-10(5-7(12)13)8(14)6-3-9-11(2)4-6/h3-4H,5H2,1-2H3,(H,12,13). The number of aromatic nitrogens is 2. The number of carbonyl (C=O) groups is 2.